The Labute approximate surface area is 134 Å². The van der Waals surface area contributed by atoms with Crippen molar-refractivity contribution in [3.05, 3.63) is 28.5 Å². The second-order valence-corrected chi connectivity index (χ2v) is 7.88. The zero-order valence-electron chi connectivity index (χ0n) is 12.7. The van der Waals surface area contributed by atoms with E-state index < -0.39 is 5.60 Å². The van der Waals surface area contributed by atoms with Gasteiger partial charge in [-0.25, -0.2) is 4.79 Å². The predicted octanol–water partition coefficient (Wildman–Crippen LogP) is 4.10. The first-order valence-electron chi connectivity index (χ1n) is 7.47. The fourth-order valence-corrected chi connectivity index (χ4v) is 3.96. The number of fused-ring (bicyclic) bond motifs is 2. The van der Waals surface area contributed by atoms with Crippen LogP contribution in [0.5, 0.6) is 0 Å². The molecule has 0 aliphatic carbocycles. The molecule has 3 heterocycles. The Kier molecular flexibility index (Phi) is 3.72. The van der Waals surface area contributed by atoms with E-state index in [4.69, 9.17) is 4.74 Å². The molecule has 4 nitrogen and oxygen atoms in total. The van der Waals surface area contributed by atoms with Gasteiger partial charge in [0.1, 0.15) is 5.60 Å². The van der Waals surface area contributed by atoms with Gasteiger partial charge >= 0.3 is 6.09 Å². The van der Waals surface area contributed by atoms with Crippen LogP contribution >= 0.6 is 15.9 Å². The first-order chi connectivity index (χ1) is 9.85. The molecular formula is C16H21BrN2O2. The van der Waals surface area contributed by atoms with Crippen molar-refractivity contribution >= 4 is 22.0 Å². The summed E-state index contributed by atoms with van der Waals surface area (Å²) in [7, 11) is 0. The van der Waals surface area contributed by atoms with Crippen LogP contribution in [0.25, 0.3) is 0 Å². The van der Waals surface area contributed by atoms with Crippen molar-refractivity contribution in [2.45, 2.75) is 63.6 Å². The number of carbonyl (C=O) groups is 1. The number of hydrogen-bond acceptors (Lipinski definition) is 3. The van der Waals surface area contributed by atoms with E-state index in [1.165, 1.54) is 5.56 Å². The molecule has 1 aromatic rings. The highest BCUT2D eigenvalue weighted by Gasteiger charge is 2.50. The zero-order chi connectivity index (χ0) is 15.2. The van der Waals surface area contributed by atoms with E-state index in [1.807, 2.05) is 31.9 Å². The van der Waals surface area contributed by atoms with E-state index in [-0.39, 0.29) is 12.1 Å². The van der Waals surface area contributed by atoms with E-state index in [2.05, 4.69) is 27.0 Å². The van der Waals surface area contributed by atoms with E-state index in [0.29, 0.717) is 12.0 Å². The maximum atomic E-state index is 12.4. The number of pyridine rings is 1. The first-order valence-corrected chi connectivity index (χ1v) is 8.26. The van der Waals surface area contributed by atoms with Crippen LogP contribution in [-0.2, 0) is 4.74 Å². The minimum atomic E-state index is -0.439. The highest BCUT2D eigenvalue weighted by molar-refractivity contribution is 9.10. The molecule has 0 radical (unpaired) electrons. The Balaban J connectivity index is 1.79. The van der Waals surface area contributed by atoms with Gasteiger partial charge in [-0.05, 0) is 67.6 Å². The number of hydrogen-bond donors (Lipinski definition) is 0. The van der Waals surface area contributed by atoms with Crippen LogP contribution in [0.1, 0.15) is 51.5 Å². The minimum absolute atomic E-state index is 0.166. The van der Waals surface area contributed by atoms with Crippen molar-refractivity contribution in [2.24, 2.45) is 0 Å². The van der Waals surface area contributed by atoms with Crippen LogP contribution in [0.4, 0.5) is 4.79 Å². The van der Waals surface area contributed by atoms with E-state index >= 15 is 0 Å². The summed E-state index contributed by atoms with van der Waals surface area (Å²) in [5.41, 5.74) is 0.775. The van der Waals surface area contributed by atoms with Crippen LogP contribution in [-0.4, -0.2) is 33.7 Å². The van der Waals surface area contributed by atoms with Crippen LogP contribution < -0.4 is 0 Å². The molecule has 0 N–H and O–H groups in total. The second-order valence-electron chi connectivity index (χ2n) is 6.96. The van der Waals surface area contributed by atoms with Crippen LogP contribution in [0.3, 0.4) is 0 Å². The van der Waals surface area contributed by atoms with Gasteiger partial charge in [0, 0.05) is 34.9 Å². The van der Waals surface area contributed by atoms with Crippen molar-refractivity contribution in [1.82, 2.24) is 9.88 Å². The summed E-state index contributed by atoms with van der Waals surface area (Å²) in [6.45, 7) is 5.75. The Hall–Kier alpha value is -1.10. The number of amides is 1. The number of nitrogens with zero attached hydrogens (tertiary/aromatic N) is 2. The average molecular weight is 353 g/mol. The topological polar surface area (TPSA) is 42.4 Å². The zero-order valence-corrected chi connectivity index (χ0v) is 14.3. The molecule has 3 atom stereocenters. The molecule has 1 amide bonds. The van der Waals surface area contributed by atoms with Crippen LogP contribution in [0.2, 0.25) is 0 Å². The molecule has 2 saturated heterocycles. The third-order valence-corrected chi connectivity index (χ3v) is 4.73. The van der Waals surface area contributed by atoms with Crippen molar-refractivity contribution in [3.8, 4) is 0 Å². The van der Waals surface area contributed by atoms with E-state index in [1.54, 1.807) is 6.20 Å². The number of halogens is 1. The van der Waals surface area contributed by atoms with Gasteiger partial charge in [-0.2, -0.15) is 0 Å². The van der Waals surface area contributed by atoms with Gasteiger partial charge < -0.3 is 9.64 Å². The van der Waals surface area contributed by atoms with Crippen molar-refractivity contribution in [1.29, 1.82) is 0 Å². The summed E-state index contributed by atoms with van der Waals surface area (Å²) in [4.78, 5) is 18.7. The van der Waals surface area contributed by atoms with E-state index in [9.17, 15) is 4.79 Å². The molecule has 2 fully saturated rings. The second kappa shape index (κ2) is 5.27. The normalized spacial score (nSPS) is 28.0. The summed E-state index contributed by atoms with van der Waals surface area (Å²) >= 11 is 3.48. The fraction of sp³-hybridized carbons (Fsp3) is 0.625. The number of rotatable bonds is 1. The Morgan fingerprint density at radius 3 is 2.81 bits per heavy atom. The largest absolute Gasteiger partial charge is 0.444 e. The SMILES string of the molecule is CC(C)(C)OC(=O)N1[C@H]2CC[C@@H]1[C@@H](c1cncc(Br)c1)C2. The van der Waals surface area contributed by atoms with Gasteiger partial charge in [0.2, 0.25) is 0 Å². The van der Waals surface area contributed by atoms with Gasteiger partial charge in [0.05, 0.1) is 0 Å². The number of carbonyl (C=O) groups excluding carboxylic acids is 1. The summed E-state index contributed by atoms with van der Waals surface area (Å²) in [5, 5.41) is 0. The van der Waals surface area contributed by atoms with Gasteiger partial charge in [0.25, 0.3) is 0 Å². The molecule has 114 valence electrons. The van der Waals surface area contributed by atoms with Crippen molar-refractivity contribution in [2.75, 3.05) is 0 Å². The molecule has 0 spiro atoms. The van der Waals surface area contributed by atoms with Crippen molar-refractivity contribution < 1.29 is 9.53 Å². The molecule has 2 bridgehead atoms. The lowest BCUT2D eigenvalue weighted by Crippen LogP contribution is -2.40. The molecule has 0 aromatic carbocycles. The summed E-state index contributed by atoms with van der Waals surface area (Å²) < 4.78 is 6.56. The molecule has 3 rings (SSSR count). The number of ether oxygens (including phenoxy) is 1. The fourth-order valence-electron chi connectivity index (χ4n) is 3.58. The Bertz CT molecular complexity index is 555. The lowest BCUT2D eigenvalue weighted by atomic mass is 9.85. The quantitative estimate of drug-likeness (QED) is 0.763. The first kappa shape index (κ1) is 14.8. The molecule has 2 aliphatic heterocycles. The molecule has 1 aromatic heterocycles. The lowest BCUT2D eigenvalue weighted by Gasteiger charge is -2.28. The van der Waals surface area contributed by atoms with Crippen molar-refractivity contribution in [3.63, 3.8) is 0 Å². The highest BCUT2D eigenvalue weighted by Crippen LogP contribution is 2.47. The van der Waals surface area contributed by atoms with Gasteiger partial charge in [-0.3, -0.25) is 4.98 Å². The third kappa shape index (κ3) is 2.93. The maximum absolute atomic E-state index is 12.4. The van der Waals surface area contributed by atoms with Gasteiger partial charge in [-0.1, -0.05) is 0 Å². The molecule has 0 saturated carbocycles. The van der Waals surface area contributed by atoms with E-state index in [0.717, 1.165) is 23.7 Å². The third-order valence-electron chi connectivity index (χ3n) is 4.30. The van der Waals surface area contributed by atoms with Crippen LogP contribution in [0.15, 0.2) is 22.9 Å². The summed E-state index contributed by atoms with van der Waals surface area (Å²) in [5.74, 6) is 0.376. The number of aromatic nitrogens is 1. The average Bonchev–Trinajstić information content (AvgIpc) is 2.94. The Morgan fingerprint density at radius 2 is 2.14 bits per heavy atom. The molecule has 0 unspecified atom stereocenters. The smallest absolute Gasteiger partial charge is 0.410 e. The molecule has 21 heavy (non-hydrogen) atoms. The maximum Gasteiger partial charge on any atom is 0.410 e. The summed E-state index contributed by atoms with van der Waals surface area (Å²) in [6, 6.07) is 2.68. The molecular weight excluding hydrogens is 332 g/mol. The van der Waals surface area contributed by atoms with Gasteiger partial charge in [-0.15, -0.1) is 0 Å². The monoisotopic (exact) mass is 352 g/mol. The van der Waals surface area contributed by atoms with Crippen LogP contribution in [0, 0.1) is 0 Å². The lowest BCUT2D eigenvalue weighted by molar-refractivity contribution is 0.0213. The highest BCUT2D eigenvalue weighted by atomic mass is 79.9. The minimum Gasteiger partial charge on any atom is -0.444 e. The molecule has 2 aliphatic rings. The standard InChI is InChI=1S/C16H21BrN2O2/c1-16(2,3)21-15(20)19-12-4-5-14(19)13(7-12)10-6-11(17)9-18-8-10/h6,8-9,12-14H,4-5,7H2,1-3H3/t12-,13+,14+/m0/s1. The van der Waals surface area contributed by atoms with Gasteiger partial charge in [0.15, 0.2) is 0 Å². The molecule has 5 heteroatoms. The predicted molar refractivity (Wildman–Crippen MR) is 84.2 cm³/mol. The summed E-state index contributed by atoms with van der Waals surface area (Å²) in [6.07, 6.45) is 6.71. The Morgan fingerprint density at radius 1 is 1.38 bits per heavy atom.